The van der Waals surface area contributed by atoms with Crippen molar-refractivity contribution in [1.29, 1.82) is 0 Å². The van der Waals surface area contributed by atoms with Crippen molar-refractivity contribution in [2.45, 2.75) is 39.8 Å². The number of ether oxygens (including phenoxy) is 1. The first-order valence-electron chi connectivity index (χ1n) is 6.69. The van der Waals surface area contributed by atoms with Crippen molar-refractivity contribution in [1.82, 2.24) is 15.1 Å². The Morgan fingerprint density at radius 2 is 2.22 bits per heavy atom. The monoisotopic (exact) mass is 271 g/mol. The lowest BCUT2D eigenvalue weighted by Crippen LogP contribution is -2.26. The molecule has 1 heterocycles. The molecular weight excluding hydrogens is 246 g/mol. The highest BCUT2D eigenvalue weighted by Crippen LogP contribution is 2.27. The molecule has 0 spiro atoms. The second-order valence-corrected chi connectivity index (χ2v) is 5.41. The first kappa shape index (κ1) is 15.4. The van der Waals surface area contributed by atoms with Crippen LogP contribution in [-0.4, -0.2) is 34.9 Å². The highest BCUT2D eigenvalue weighted by atomic mass is 32.2. The summed E-state index contributed by atoms with van der Waals surface area (Å²) in [6, 6.07) is 0.309. The zero-order valence-corrected chi connectivity index (χ0v) is 12.7. The SMILES string of the molecule is CCCn1ncc(OC)c1C(CSCC)NCC. The van der Waals surface area contributed by atoms with Crippen molar-refractivity contribution in [2.24, 2.45) is 0 Å². The van der Waals surface area contributed by atoms with Gasteiger partial charge < -0.3 is 10.1 Å². The summed E-state index contributed by atoms with van der Waals surface area (Å²) in [6.45, 7) is 8.39. The van der Waals surface area contributed by atoms with Crippen LogP contribution in [0.3, 0.4) is 0 Å². The Bertz CT molecular complexity index is 341. The predicted molar refractivity (Wildman–Crippen MR) is 78.5 cm³/mol. The summed E-state index contributed by atoms with van der Waals surface area (Å²) in [4.78, 5) is 0. The van der Waals surface area contributed by atoms with Crippen LogP contribution < -0.4 is 10.1 Å². The number of hydrogen-bond donors (Lipinski definition) is 1. The molecule has 4 nitrogen and oxygen atoms in total. The van der Waals surface area contributed by atoms with Gasteiger partial charge in [0, 0.05) is 12.3 Å². The molecule has 1 N–H and O–H groups in total. The smallest absolute Gasteiger partial charge is 0.161 e. The molecule has 0 aliphatic rings. The van der Waals surface area contributed by atoms with Crippen LogP contribution in [-0.2, 0) is 6.54 Å². The zero-order chi connectivity index (χ0) is 13.4. The molecule has 1 atom stereocenters. The quantitative estimate of drug-likeness (QED) is 0.749. The molecule has 0 bridgehead atoms. The maximum absolute atomic E-state index is 5.45. The number of aromatic nitrogens is 2. The van der Waals surface area contributed by atoms with Crippen molar-refractivity contribution in [3.8, 4) is 5.75 Å². The van der Waals surface area contributed by atoms with Gasteiger partial charge in [0.05, 0.1) is 25.0 Å². The topological polar surface area (TPSA) is 39.1 Å². The molecule has 0 aliphatic carbocycles. The van der Waals surface area contributed by atoms with Gasteiger partial charge in [-0.2, -0.15) is 16.9 Å². The normalized spacial score (nSPS) is 12.7. The first-order valence-corrected chi connectivity index (χ1v) is 7.84. The van der Waals surface area contributed by atoms with Crippen LogP contribution in [0.4, 0.5) is 0 Å². The lowest BCUT2D eigenvalue weighted by Gasteiger charge is -2.20. The molecule has 1 rings (SSSR count). The van der Waals surface area contributed by atoms with Gasteiger partial charge >= 0.3 is 0 Å². The fourth-order valence-corrected chi connectivity index (χ4v) is 2.74. The van der Waals surface area contributed by atoms with Crippen molar-refractivity contribution in [3.63, 3.8) is 0 Å². The molecule has 0 aromatic carbocycles. The van der Waals surface area contributed by atoms with E-state index in [0.29, 0.717) is 6.04 Å². The average molecular weight is 271 g/mol. The van der Waals surface area contributed by atoms with Gasteiger partial charge in [0.15, 0.2) is 5.75 Å². The number of thioether (sulfide) groups is 1. The minimum atomic E-state index is 0.309. The third-order valence-electron chi connectivity index (χ3n) is 2.77. The Balaban J connectivity index is 2.94. The Morgan fingerprint density at radius 3 is 2.78 bits per heavy atom. The minimum absolute atomic E-state index is 0.309. The second kappa shape index (κ2) is 8.43. The standard InChI is InChI=1S/C13H25N3OS/c1-5-8-16-13(12(17-4)9-15-16)11(14-6-2)10-18-7-3/h9,11,14H,5-8,10H2,1-4H3. The van der Waals surface area contributed by atoms with E-state index in [1.54, 1.807) is 7.11 Å². The van der Waals surface area contributed by atoms with Gasteiger partial charge in [-0.05, 0) is 18.7 Å². The molecule has 1 aromatic rings. The lowest BCUT2D eigenvalue weighted by atomic mass is 10.2. The third-order valence-corrected chi connectivity index (χ3v) is 3.75. The molecule has 0 aliphatic heterocycles. The van der Waals surface area contributed by atoms with Crippen LogP contribution in [0.2, 0.25) is 0 Å². The van der Waals surface area contributed by atoms with Gasteiger partial charge in [0.2, 0.25) is 0 Å². The number of aryl methyl sites for hydroxylation is 1. The molecule has 0 radical (unpaired) electrons. The number of nitrogens with zero attached hydrogens (tertiary/aromatic N) is 2. The van der Waals surface area contributed by atoms with E-state index < -0.39 is 0 Å². The van der Waals surface area contributed by atoms with Crippen LogP contribution >= 0.6 is 11.8 Å². The van der Waals surface area contributed by atoms with E-state index in [2.05, 4.69) is 35.9 Å². The maximum Gasteiger partial charge on any atom is 0.161 e. The number of methoxy groups -OCH3 is 1. The van der Waals surface area contributed by atoms with Crippen LogP contribution in [0, 0.1) is 0 Å². The summed E-state index contributed by atoms with van der Waals surface area (Å²) in [7, 11) is 1.72. The molecule has 1 unspecified atom stereocenters. The molecule has 0 amide bonds. The van der Waals surface area contributed by atoms with E-state index in [-0.39, 0.29) is 0 Å². The summed E-state index contributed by atoms with van der Waals surface area (Å²) in [5, 5.41) is 7.96. The summed E-state index contributed by atoms with van der Waals surface area (Å²) < 4.78 is 7.52. The first-order chi connectivity index (χ1) is 8.78. The van der Waals surface area contributed by atoms with Crippen LogP contribution in [0.1, 0.15) is 38.9 Å². The largest absolute Gasteiger partial charge is 0.493 e. The highest BCUT2D eigenvalue weighted by Gasteiger charge is 2.20. The molecule has 0 saturated carbocycles. The number of nitrogens with one attached hydrogen (secondary N) is 1. The molecule has 1 aromatic heterocycles. The van der Waals surface area contributed by atoms with E-state index in [4.69, 9.17) is 4.74 Å². The van der Waals surface area contributed by atoms with Crippen LogP contribution in [0.25, 0.3) is 0 Å². The zero-order valence-electron chi connectivity index (χ0n) is 11.9. The molecular formula is C13H25N3OS. The van der Waals surface area contributed by atoms with Crippen LogP contribution in [0.5, 0.6) is 5.75 Å². The fourth-order valence-electron chi connectivity index (χ4n) is 1.99. The minimum Gasteiger partial charge on any atom is -0.493 e. The second-order valence-electron chi connectivity index (χ2n) is 4.09. The summed E-state index contributed by atoms with van der Waals surface area (Å²) in [6.07, 6.45) is 2.91. The maximum atomic E-state index is 5.45. The Hall–Kier alpha value is -0.680. The number of hydrogen-bond acceptors (Lipinski definition) is 4. The Kier molecular flexibility index (Phi) is 7.20. The van der Waals surface area contributed by atoms with Crippen molar-refractivity contribution in [2.75, 3.05) is 25.2 Å². The Labute approximate surface area is 114 Å². The van der Waals surface area contributed by atoms with Crippen molar-refractivity contribution >= 4 is 11.8 Å². The van der Waals surface area contributed by atoms with E-state index in [1.165, 1.54) is 5.69 Å². The van der Waals surface area contributed by atoms with Gasteiger partial charge in [-0.15, -0.1) is 0 Å². The summed E-state index contributed by atoms with van der Waals surface area (Å²) >= 11 is 1.94. The summed E-state index contributed by atoms with van der Waals surface area (Å²) in [5.74, 6) is 3.08. The van der Waals surface area contributed by atoms with E-state index in [1.807, 2.05) is 18.0 Å². The van der Waals surface area contributed by atoms with Gasteiger partial charge in [0.1, 0.15) is 0 Å². The predicted octanol–water partition coefficient (Wildman–Crippen LogP) is 2.71. The Morgan fingerprint density at radius 1 is 1.44 bits per heavy atom. The third kappa shape index (κ3) is 3.92. The molecule has 0 fully saturated rings. The molecule has 18 heavy (non-hydrogen) atoms. The highest BCUT2D eigenvalue weighted by molar-refractivity contribution is 7.99. The average Bonchev–Trinajstić information content (AvgIpc) is 2.78. The van der Waals surface area contributed by atoms with Crippen LogP contribution in [0.15, 0.2) is 6.20 Å². The van der Waals surface area contributed by atoms with Gasteiger partial charge in [-0.1, -0.05) is 20.8 Å². The molecule has 104 valence electrons. The number of rotatable bonds is 9. The van der Waals surface area contributed by atoms with Gasteiger partial charge in [0.25, 0.3) is 0 Å². The van der Waals surface area contributed by atoms with Gasteiger partial charge in [-0.25, -0.2) is 0 Å². The van der Waals surface area contributed by atoms with Crippen molar-refractivity contribution < 1.29 is 4.74 Å². The molecule has 0 saturated heterocycles. The molecule has 5 heteroatoms. The van der Waals surface area contributed by atoms with E-state index >= 15 is 0 Å². The van der Waals surface area contributed by atoms with E-state index in [0.717, 1.165) is 36.8 Å². The van der Waals surface area contributed by atoms with Crippen molar-refractivity contribution in [3.05, 3.63) is 11.9 Å². The summed E-state index contributed by atoms with van der Waals surface area (Å²) in [5.41, 5.74) is 1.18. The lowest BCUT2D eigenvalue weighted by molar-refractivity contribution is 0.396. The van der Waals surface area contributed by atoms with E-state index in [9.17, 15) is 0 Å². The fraction of sp³-hybridized carbons (Fsp3) is 0.769. The van der Waals surface area contributed by atoms with Gasteiger partial charge in [-0.3, -0.25) is 4.68 Å².